The van der Waals surface area contributed by atoms with Gasteiger partial charge in [0.05, 0.1) is 6.54 Å². The van der Waals surface area contributed by atoms with Crippen molar-refractivity contribution in [3.8, 4) is 11.8 Å². The first-order valence-electron chi connectivity index (χ1n) is 10.2. The number of hydrogen-bond acceptors (Lipinski definition) is 7. The Morgan fingerprint density at radius 1 is 1.31 bits per heavy atom. The van der Waals surface area contributed by atoms with Gasteiger partial charge in [-0.1, -0.05) is 0 Å². The standard InChI is InChI=1S/C20H24F3N5O4/c1-19(13-27-11-17(28(29)30)24-18(27)32-19)12-25(2)14-7-9-26(10-8-14)15-3-5-16(6-4-15)31-20(21,22)23/h3-6,11,14H,7-10,12-13H2,1-2H3/t19-/m0/s1. The van der Waals surface area contributed by atoms with E-state index in [0.717, 1.165) is 31.6 Å². The molecule has 1 atom stereocenters. The summed E-state index contributed by atoms with van der Waals surface area (Å²) < 4.78 is 48.5. The number of rotatable bonds is 6. The molecule has 2 aliphatic heterocycles. The number of likely N-dealkylation sites (N-methyl/N-ethyl adjacent to an activating group) is 1. The number of hydrogen-bond donors (Lipinski definition) is 0. The molecule has 0 unspecified atom stereocenters. The second kappa shape index (κ2) is 8.15. The second-order valence-electron chi connectivity index (χ2n) is 8.49. The van der Waals surface area contributed by atoms with Crippen molar-refractivity contribution in [3.63, 3.8) is 0 Å². The van der Waals surface area contributed by atoms with Crippen LogP contribution in [0.25, 0.3) is 0 Å². The lowest BCUT2D eigenvalue weighted by molar-refractivity contribution is -0.389. The number of alkyl halides is 3. The average Bonchev–Trinajstić information content (AvgIpc) is 3.22. The Bertz CT molecular complexity index is 947. The molecule has 1 aromatic carbocycles. The van der Waals surface area contributed by atoms with Crippen LogP contribution in [0.1, 0.15) is 19.8 Å². The Labute approximate surface area is 182 Å². The molecule has 1 saturated heterocycles. The fourth-order valence-corrected chi connectivity index (χ4v) is 4.44. The highest BCUT2D eigenvalue weighted by Crippen LogP contribution is 2.33. The van der Waals surface area contributed by atoms with E-state index in [4.69, 9.17) is 4.74 Å². The smallest absolute Gasteiger partial charge is 0.436 e. The molecule has 174 valence electrons. The van der Waals surface area contributed by atoms with Crippen LogP contribution in [0.3, 0.4) is 0 Å². The molecule has 0 amide bonds. The Kier molecular flexibility index (Phi) is 5.65. The van der Waals surface area contributed by atoms with Crippen molar-refractivity contribution in [2.24, 2.45) is 0 Å². The molecule has 0 radical (unpaired) electrons. The number of benzene rings is 1. The second-order valence-corrected chi connectivity index (χ2v) is 8.49. The highest BCUT2D eigenvalue weighted by Gasteiger charge is 2.42. The molecule has 0 spiro atoms. The number of piperidine rings is 1. The number of nitro groups is 1. The number of nitrogens with zero attached hydrogens (tertiary/aromatic N) is 5. The van der Waals surface area contributed by atoms with E-state index in [1.165, 1.54) is 18.3 Å². The van der Waals surface area contributed by atoms with Gasteiger partial charge in [0.25, 0.3) is 0 Å². The van der Waals surface area contributed by atoms with Gasteiger partial charge >= 0.3 is 18.2 Å². The molecule has 32 heavy (non-hydrogen) atoms. The minimum atomic E-state index is -4.70. The van der Waals surface area contributed by atoms with Gasteiger partial charge < -0.3 is 24.5 Å². The van der Waals surface area contributed by atoms with Gasteiger partial charge in [-0.15, -0.1) is 13.2 Å². The summed E-state index contributed by atoms with van der Waals surface area (Å²) in [6, 6.07) is 6.51. The Balaban J connectivity index is 1.28. The lowest BCUT2D eigenvalue weighted by Gasteiger charge is -2.40. The Morgan fingerprint density at radius 3 is 2.53 bits per heavy atom. The van der Waals surface area contributed by atoms with Gasteiger partial charge in [0, 0.05) is 36.3 Å². The number of fused-ring (bicyclic) bond motifs is 1. The number of aromatic nitrogens is 2. The van der Waals surface area contributed by atoms with E-state index in [1.54, 1.807) is 16.7 Å². The highest BCUT2D eigenvalue weighted by molar-refractivity contribution is 5.49. The first-order valence-corrected chi connectivity index (χ1v) is 10.2. The van der Waals surface area contributed by atoms with Crippen molar-refractivity contribution in [2.75, 3.05) is 31.6 Å². The molecule has 2 aromatic rings. The summed E-state index contributed by atoms with van der Waals surface area (Å²) >= 11 is 0. The van der Waals surface area contributed by atoms with Gasteiger partial charge in [0.2, 0.25) is 0 Å². The predicted octanol–water partition coefficient (Wildman–Crippen LogP) is 3.44. The number of halogens is 3. The third-order valence-corrected chi connectivity index (χ3v) is 5.86. The largest absolute Gasteiger partial charge is 0.573 e. The van der Waals surface area contributed by atoms with E-state index >= 15 is 0 Å². The van der Waals surface area contributed by atoms with Crippen molar-refractivity contribution in [3.05, 3.63) is 40.6 Å². The van der Waals surface area contributed by atoms with Crippen molar-refractivity contribution in [1.29, 1.82) is 0 Å². The molecule has 0 bridgehead atoms. The van der Waals surface area contributed by atoms with Crippen molar-refractivity contribution in [2.45, 2.75) is 44.3 Å². The Hall–Kier alpha value is -3.02. The molecular formula is C20H24F3N5O4. The van der Waals surface area contributed by atoms with Gasteiger partial charge in [-0.2, -0.15) is 0 Å². The molecule has 0 aliphatic carbocycles. The van der Waals surface area contributed by atoms with E-state index < -0.39 is 16.9 Å². The molecule has 0 saturated carbocycles. The summed E-state index contributed by atoms with van der Waals surface area (Å²) in [6.07, 6.45) is -1.52. The topological polar surface area (TPSA) is 85.9 Å². The normalized spacial score (nSPS) is 21.5. The van der Waals surface area contributed by atoms with Crippen LogP contribution in [0, 0.1) is 10.1 Å². The van der Waals surface area contributed by atoms with Crippen molar-refractivity contribution >= 4 is 11.5 Å². The maximum Gasteiger partial charge on any atom is 0.573 e. The van der Waals surface area contributed by atoms with Crippen LogP contribution in [0.4, 0.5) is 24.7 Å². The zero-order valence-electron chi connectivity index (χ0n) is 17.7. The average molecular weight is 455 g/mol. The van der Waals surface area contributed by atoms with Gasteiger partial charge in [0.1, 0.15) is 17.5 Å². The fourth-order valence-electron chi connectivity index (χ4n) is 4.44. The first-order chi connectivity index (χ1) is 15.0. The van der Waals surface area contributed by atoms with Crippen LogP contribution in [-0.4, -0.2) is 64.1 Å². The zero-order valence-corrected chi connectivity index (χ0v) is 17.7. The highest BCUT2D eigenvalue weighted by atomic mass is 19.4. The van der Waals surface area contributed by atoms with Gasteiger partial charge in [0.15, 0.2) is 0 Å². The lowest BCUT2D eigenvalue weighted by Crippen LogP contribution is -2.50. The van der Waals surface area contributed by atoms with Crippen LogP contribution < -0.4 is 14.4 Å². The lowest BCUT2D eigenvalue weighted by atomic mass is 10.00. The van der Waals surface area contributed by atoms with Crippen LogP contribution in [0.15, 0.2) is 30.5 Å². The van der Waals surface area contributed by atoms with Crippen molar-refractivity contribution < 1.29 is 27.6 Å². The number of imidazole rings is 1. The van der Waals surface area contributed by atoms with Crippen LogP contribution in [-0.2, 0) is 6.54 Å². The molecule has 2 aliphatic rings. The molecule has 9 nitrogen and oxygen atoms in total. The summed E-state index contributed by atoms with van der Waals surface area (Å²) in [5.74, 6) is -0.452. The van der Waals surface area contributed by atoms with Gasteiger partial charge in [-0.05, 0) is 56.0 Å². The quantitative estimate of drug-likeness (QED) is 0.487. The van der Waals surface area contributed by atoms with E-state index in [2.05, 4.69) is 19.5 Å². The molecule has 3 heterocycles. The summed E-state index contributed by atoms with van der Waals surface area (Å²) in [5, 5.41) is 10.9. The third-order valence-electron chi connectivity index (χ3n) is 5.86. The van der Waals surface area contributed by atoms with Crippen LogP contribution >= 0.6 is 0 Å². The minimum Gasteiger partial charge on any atom is -0.436 e. The SMILES string of the molecule is CN(C[C@@]1(C)Cn2cc([N+](=O)[O-])nc2O1)C1CCN(c2ccc(OC(F)(F)F)cc2)CC1. The molecule has 0 N–H and O–H groups in total. The van der Waals surface area contributed by atoms with E-state index in [9.17, 15) is 23.3 Å². The monoisotopic (exact) mass is 455 g/mol. The molecule has 1 aromatic heterocycles. The molecule has 4 rings (SSSR count). The van der Waals surface area contributed by atoms with Crippen molar-refractivity contribution in [1.82, 2.24) is 14.5 Å². The molecule has 1 fully saturated rings. The number of anilines is 1. The van der Waals surface area contributed by atoms with Gasteiger partial charge in [-0.3, -0.25) is 9.47 Å². The van der Waals surface area contributed by atoms with E-state index in [0.29, 0.717) is 19.1 Å². The van der Waals surface area contributed by atoms with E-state index in [1.807, 2.05) is 14.0 Å². The maximum absolute atomic E-state index is 12.3. The summed E-state index contributed by atoms with van der Waals surface area (Å²) in [4.78, 5) is 18.6. The van der Waals surface area contributed by atoms with Gasteiger partial charge in [-0.25, -0.2) is 0 Å². The summed E-state index contributed by atoms with van der Waals surface area (Å²) in [5.41, 5.74) is 0.330. The Morgan fingerprint density at radius 2 is 1.97 bits per heavy atom. The predicted molar refractivity (Wildman–Crippen MR) is 109 cm³/mol. The summed E-state index contributed by atoms with van der Waals surface area (Å²) in [6.45, 7) is 4.64. The number of ether oxygens (including phenoxy) is 2. The maximum atomic E-state index is 12.3. The third kappa shape index (κ3) is 4.90. The molecule has 12 heteroatoms. The summed E-state index contributed by atoms with van der Waals surface area (Å²) in [7, 11) is 2.03. The van der Waals surface area contributed by atoms with Crippen LogP contribution in [0.5, 0.6) is 11.8 Å². The minimum absolute atomic E-state index is 0.222. The zero-order chi connectivity index (χ0) is 23.1. The molecular weight excluding hydrogens is 431 g/mol. The van der Waals surface area contributed by atoms with E-state index in [-0.39, 0.29) is 17.6 Å². The van der Waals surface area contributed by atoms with Crippen LogP contribution in [0.2, 0.25) is 0 Å². The fraction of sp³-hybridized carbons (Fsp3) is 0.550. The first kappa shape index (κ1) is 22.2.